The number of hydrogen-bond acceptors (Lipinski definition) is 3. The van der Waals surface area contributed by atoms with Crippen LogP contribution in [-0.2, 0) is 0 Å². The van der Waals surface area contributed by atoms with Crippen molar-refractivity contribution in [1.82, 2.24) is 0 Å². The molecule has 0 N–H and O–H groups in total. The van der Waals surface area contributed by atoms with Crippen molar-refractivity contribution >= 4 is 60.9 Å². The Kier molecular flexibility index (Phi) is 3.84. The molecule has 0 aliphatic heterocycles. The minimum absolute atomic E-state index is 0.775. The average molecular weight is 425 g/mol. The smallest absolute Gasteiger partial charge is 0.180 e. The summed E-state index contributed by atoms with van der Waals surface area (Å²) in [4.78, 5) is 2.30. The number of anilines is 3. The van der Waals surface area contributed by atoms with Gasteiger partial charge in [-0.15, -0.1) is 0 Å². The predicted octanol–water partition coefficient (Wildman–Crippen LogP) is 8.96. The van der Waals surface area contributed by atoms with Crippen molar-refractivity contribution in [2.75, 3.05) is 4.90 Å². The molecule has 5 aromatic carbocycles. The van der Waals surface area contributed by atoms with E-state index in [-0.39, 0.29) is 0 Å². The monoisotopic (exact) mass is 425 g/mol. The molecule has 7 rings (SSSR count). The third kappa shape index (κ3) is 2.69. The van der Waals surface area contributed by atoms with Gasteiger partial charge in [0.25, 0.3) is 0 Å². The molecule has 2 heterocycles. The van der Waals surface area contributed by atoms with E-state index >= 15 is 0 Å². The first-order chi connectivity index (χ1) is 16.4. The number of para-hydroxylation sites is 4. The molecule has 0 saturated carbocycles. The molecule has 0 radical (unpaired) electrons. The van der Waals surface area contributed by atoms with E-state index in [9.17, 15) is 0 Å². The van der Waals surface area contributed by atoms with E-state index in [2.05, 4.69) is 77.7 Å². The third-order valence-corrected chi connectivity index (χ3v) is 6.24. The Bertz CT molecular complexity index is 1720. The molecule has 156 valence electrons. The zero-order valence-electron chi connectivity index (χ0n) is 17.7. The molecule has 0 atom stereocenters. The highest BCUT2D eigenvalue weighted by Gasteiger charge is 2.24. The van der Waals surface area contributed by atoms with Crippen molar-refractivity contribution in [1.29, 1.82) is 0 Å². The van der Waals surface area contributed by atoms with Crippen LogP contribution in [0.2, 0.25) is 0 Å². The quantitative estimate of drug-likeness (QED) is 0.283. The average Bonchev–Trinajstić information content (AvgIpc) is 3.45. The molecule has 0 aliphatic carbocycles. The first-order valence-electron chi connectivity index (χ1n) is 11.0. The summed E-state index contributed by atoms with van der Waals surface area (Å²) < 4.78 is 12.8. The normalized spacial score (nSPS) is 11.6. The second-order valence-corrected chi connectivity index (χ2v) is 8.18. The molecule has 0 saturated heterocycles. The van der Waals surface area contributed by atoms with E-state index in [0.717, 1.165) is 60.9 Å². The van der Waals surface area contributed by atoms with Crippen LogP contribution in [0.4, 0.5) is 17.1 Å². The summed E-state index contributed by atoms with van der Waals surface area (Å²) in [7, 11) is 0. The summed E-state index contributed by atoms with van der Waals surface area (Å²) in [6.07, 6.45) is 0. The van der Waals surface area contributed by atoms with Gasteiger partial charge in [0, 0.05) is 27.5 Å². The molecule has 3 heteroatoms. The molecule has 7 aromatic rings. The lowest BCUT2D eigenvalue weighted by atomic mass is 10.0. The molecule has 0 amide bonds. The lowest BCUT2D eigenvalue weighted by molar-refractivity contribution is 0.633. The summed E-state index contributed by atoms with van der Waals surface area (Å²) in [5, 5.41) is 4.24. The minimum Gasteiger partial charge on any atom is -0.452 e. The SMILES string of the molecule is c1ccc(N(c2ccccc2)c2cc3c4ccccc4oc3c3oc4ccccc4c23)cc1. The maximum Gasteiger partial charge on any atom is 0.180 e. The van der Waals surface area contributed by atoms with Crippen LogP contribution in [0.25, 0.3) is 43.9 Å². The highest BCUT2D eigenvalue weighted by Crippen LogP contribution is 2.47. The van der Waals surface area contributed by atoms with Gasteiger partial charge >= 0.3 is 0 Å². The second-order valence-electron chi connectivity index (χ2n) is 8.18. The fourth-order valence-corrected chi connectivity index (χ4v) is 4.80. The Labute approximate surface area is 190 Å². The highest BCUT2D eigenvalue weighted by molar-refractivity contribution is 6.24. The topological polar surface area (TPSA) is 29.5 Å². The number of rotatable bonds is 3. The van der Waals surface area contributed by atoms with Crippen LogP contribution in [0.15, 0.2) is 124 Å². The summed E-state index contributed by atoms with van der Waals surface area (Å²) in [5.74, 6) is 0. The van der Waals surface area contributed by atoms with E-state index in [4.69, 9.17) is 8.83 Å². The summed E-state index contributed by atoms with van der Waals surface area (Å²) >= 11 is 0. The predicted molar refractivity (Wildman–Crippen MR) is 136 cm³/mol. The van der Waals surface area contributed by atoms with Crippen LogP contribution < -0.4 is 4.90 Å². The van der Waals surface area contributed by atoms with Crippen molar-refractivity contribution in [2.45, 2.75) is 0 Å². The largest absolute Gasteiger partial charge is 0.452 e. The number of furan rings is 2. The maximum absolute atomic E-state index is 6.44. The van der Waals surface area contributed by atoms with Gasteiger partial charge in [-0.3, -0.25) is 0 Å². The van der Waals surface area contributed by atoms with Crippen molar-refractivity contribution in [3.8, 4) is 0 Å². The summed E-state index contributed by atoms with van der Waals surface area (Å²) in [6, 6.07) is 39.5. The Morgan fingerprint density at radius 2 is 0.970 bits per heavy atom. The molecule has 0 fully saturated rings. The molecule has 0 unspecified atom stereocenters. The van der Waals surface area contributed by atoms with E-state index in [1.54, 1.807) is 0 Å². The standard InChI is InChI=1S/C30H19NO2/c1-3-11-20(12-4-1)31(21-13-5-2-6-14-21)25-19-24-22-15-7-9-17-26(22)32-29(24)30-28(25)23-16-8-10-18-27(23)33-30/h1-19H. The molecule has 0 bridgehead atoms. The minimum atomic E-state index is 0.775. The van der Waals surface area contributed by atoms with E-state index in [1.807, 2.05) is 42.5 Å². The number of benzene rings is 5. The maximum atomic E-state index is 6.44. The van der Waals surface area contributed by atoms with Crippen LogP contribution in [0, 0.1) is 0 Å². The zero-order valence-corrected chi connectivity index (χ0v) is 17.7. The van der Waals surface area contributed by atoms with Gasteiger partial charge in [0.1, 0.15) is 11.2 Å². The highest BCUT2D eigenvalue weighted by atomic mass is 16.4. The van der Waals surface area contributed by atoms with Crippen molar-refractivity contribution < 1.29 is 8.83 Å². The lowest BCUT2D eigenvalue weighted by Crippen LogP contribution is -2.10. The third-order valence-electron chi connectivity index (χ3n) is 6.24. The molecule has 33 heavy (non-hydrogen) atoms. The first-order valence-corrected chi connectivity index (χ1v) is 11.0. The Morgan fingerprint density at radius 3 is 1.64 bits per heavy atom. The molecular formula is C30H19NO2. The Morgan fingerprint density at radius 1 is 0.455 bits per heavy atom. The van der Waals surface area contributed by atoms with Gasteiger partial charge in [0.05, 0.1) is 11.1 Å². The van der Waals surface area contributed by atoms with Crippen molar-refractivity contribution in [2.24, 2.45) is 0 Å². The van der Waals surface area contributed by atoms with E-state index < -0.39 is 0 Å². The van der Waals surface area contributed by atoms with Crippen LogP contribution in [-0.4, -0.2) is 0 Å². The fraction of sp³-hybridized carbons (Fsp3) is 0. The number of nitrogens with zero attached hydrogens (tertiary/aromatic N) is 1. The Balaban J connectivity index is 1.69. The first kappa shape index (κ1) is 18.1. The van der Waals surface area contributed by atoms with Crippen LogP contribution >= 0.6 is 0 Å². The van der Waals surface area contributed by atoms with Gasteiger partial charge in [-0.25, -0.2) is 0 Å². The van der Waals surface area contributed by atoms with Gasteiger partial charge in [-0.1, -0.05) is 72.8 Å². The zero-order chi connectivity index (χ0) is 21.8. The number of hydrogen-bond donors (Lipinski definition) is 0. The van der Waals surface area contributed by atoms with Gasteiger partial charge in [-0.2, -0.15) is 0 Å². The van der Waals surface area contributed by atoms with Gasteiger partial charge < -0.3 is 13.7 Å². The van der Waals surface area contributed by atoms with Crippen LogP contribution in [0.5, 0.6) is 0 Å². The van der Waals surface area contributed by atoms with E-state index in [1.165, 1.54) is 0 Å². The van der Waals surface area contributed by atoms with Gasteiger partial charge in [-0.05, 0) is 42.5 Å². The fourth-order valence-electron chi connectivity index (χ4n) is 4.80. The summed E-state index contributed by atoms with van der Waals surface area (Å²) in [6.45, 7) is 0. The van der Waals surface area contributed by atoms with Crippen molar-refractivity contribution in [3.63, 3.8) is 0 Å². The molecule has 0 spiro atoms. The summed E-state index contributed by atoms with van der Waals surface area (Å²) in [5.41, 5.74) is 6.50. The molecule has 0 aliphatic rings. The van der Waals surface area contributed by atoms with Gasteiger partial charge in [0.15, 0.2) is 11.2 Å². The lowest BCUT2D eigenvalue weighted by Gasteiger charge is -2.26. The van der Waals surface area contributed by atoms with E-state index in [0.29, 0.717) is 0 Å². The molecular weight excluding hydrogens is 406 g/mol. The van der Waals surface area contributed by atoms with Crippen LogP contribution in [0.1, 0.15) is 0 Å². The number of fused-ring (bicyclic) bond motifs is 7. The van der Waals surface area contributed by atoms with Crippen LogP contribution in [0.3, 0.4) is 0 Å². The van der Waals surface area contributed by atoms with Gasteiger partial charge in [0.2, 0.25) is 0 Å². The van der Waals surface area contributed by atoms with Crippen molar-refractivity contribution in [3.05, 3.63) is 115 Å². The Hall–Kier alpha value is -4.50. The second kappa shape index (κ2) is 7.01. The molecule has 3 nitrogen and oxygen atoms in total. The molecule has 2 aromatic heterocycles.